The van der Waals surface area contributed by atoms with E-state index in [1.54, 1.807) is 6.20 Å². The van der Waals surface area contributed by atoms with E-state index < -0.39 is 0 Å². The van der Waals surface area contributed by atoms with E-state index in [0.717, 1.165) is 36.0 Å². The van der Waals surface area contributed by atoms with Gasteiger partial charge in [-0.3, -0.25) is 0 Å². The highest BCUT2D eigenvalue weighted by atomic mass is 16.5. The molecule has 0 saturated carbocycles. The molecule has 3 rings (SSSR count). The van der Waals surface area contributed by atoms with Crippen LogP contribution in [0, 0.1) is 0 Å². The summed E-state index contributed by atoms with van der Waals surface area (Å²) in [6.45, 7) is 4.72. The predicted octanol–water partition coefficient (Wildman–Crippen LogP) is 3.32. The number of benzene rings is 1. The van der Waals surface area contributed by atoms with Crippen molar-refractivity contribution < 1.29 is 14.2 Å². The van der Waals surface area contributed by atoms with E-state index in [1.807, 2.05) is 26.1 Å². The molecule has 1 aliphatic heterocycles. The third-order valence-corrected chi connectivity index (χ3v) is 4.18. The molecule has 134 valence electrons. The fraction of sp³-hybridized carbons (Fsp3) is 0.421. The number of nitrogens with one attached hydrogen (secondary N) is 1. The largest absolute Gasteiger partial charge is 0.487 e. The van der Waals surface area contributed by atoms with E-state index in [2.05, 4.69) is 34.4 Å². The summed E-state index contributed by atoms with van der Waals surface area (Å²) in [7, 11) is 3.93. The Labute approximate surface area is 148 Å². The van der Waals surface area contributed by atoms with Crippen molar-refractivity contribution in [3.05, 3.63) is 36.0 Å². The lowest BCUT2D eigenvalue weighted by Gasteiger charge is -2.17. The topological polar surface area (TPSA) is 55.9 Å². The number of fused-ring (bicyclic) bond motifs is 1. The number of rotatable bonds is 8. The van der Waals surface area contributed by atoms with Gasteiger partial charge in [-0.05, 0) is 31.0 Å². The third kappa shape index (κ3) is 4.14. The summed E-state index contributed by atoms with van der Waals surface area (Å²) in [5, 5.41) is 3.02. The maximum atomic E-state index is 6.11. The molecule has 25 heavy (non-hydrogen) atoms. The predicted molar refractivity (Wildman–Crippen MR) is 99.3 cm³/mol. The smallest absolute Gasteiger partial charge is 0.169 e. The van der Waals surface area contributed by atoms with Crippen LogP contribution in [0.3, 0.4) is 0 Å². The van der Waals surface area contributed by atoms with E-state index in [0.29, 0.717) is 19.8 Å². The van der Waals surface area contributed by atoms with Gasteiger partial charge in [0.2, 0.25) is 0 Å². The Hall–Kier alpha value is -2.47. The first kappa shape index (κ1) is 17.4. The summed E-state index contributed by atoms with van der Waals surface area (Å²) in [6, 6.07) is 7.84. The van der Waals surface area contributed by atoms with E-state index in [4.69, 9.17) is 14.2 Å². The van der Waals surface area contributed by atoms with Crippen LogP contribution in [0.25, 0.3) is 0 Å². The second-order valence-electron chi connectivity index (χ2n) is 5.87. The first-order valence-corrected chi connectivity index (χ1v) is 8.61. The van der Waals surface area contributed by atoms with Crippen molar-refractivity contribution in [2.75, 3.05) is 50.7 Å². The van der Waals surface area contributed by atoms with E-state index >= 15 is 0 Å². The fourth-order valence-corrected chi connectivity index (χ4v) is 2.84. The highest BCUT2D eigenvalue weighted by Gasteiger charge is 2.20. The molecule has 0 fully saturated rings. The summed E-state index contributed by atoms with van der Waals surface area (Å²) in [4.78, 5) is 6.45. The van der Waals surface area contributed by atoms with Crippen LogP contribution in [0.2, 0.25) is 0 Å². The number of likely N-dealkylation sites (N-methyl/N-ethyl adjacent to an activating group) is 1. The van der Waals surface area contributed by atoms with Crippen LogP contribution in [-0.2, 0) is 11.2 Å². The molecule has 0 bridgehead atoms. The van der Waals surface area contributed by atoms with Crippen molar-refractivity contribution in [1.82, 2.24) is 4.98 Å². The Kier molecular flexibility index (Phi) is 5.60. The first-order chi connectivity index (χ1) is 12.2. The van der Waals surface area contributed by atoms with Gasteiger partial charge in [-0.25, -0.2) is 4.98 Å². The molecule has 0 spiro atoms. The van der Waals surface area contributed by atoms with Crippen LogP contribution in [0.1, 0.15) is 12.5 Å². The van der Waals surface area contributed by atoms with Gasteiger partial charge < -0.3 is 24.4 Å². The standard InChI is InChI=1S/C19H25N3O3/c1-4-23-9-10-24-17-13-16-14(6-8-22(16)3)11-18(17)25-15-5-7-21-19(12-15)20-2/h5,7,11-13H,4,6,8-10H2,1-3H3,(H,20,21). The molecular weight excluding hydrogens is 318 g/mol. The van der Waals surface area contributed by atoms with Crippen molar-refractivity contribution in [1.29, 1.82) is 0 Å². The zero-order valence-electron chi connectivity index (χ0n) is 15.0. The number of hydrogen-bond donors (Lipinski definition) is 1. The summed E-state index contributed by atoms with van der Waals surface area (Å²) < 4.78 is 17.4. The van der Waals surface area contributed by atoms with E-state index in [9.17, 15) is 0 Å². The molecule has 0 amide bonds. The molecule has 1 aliphatic rings. The molecular formula is C19H25N3O3. The lowest BCUT2D eigenvalue weighted by atomic mass is 10.1. The molecule has 0 saturated heterocycles. The van der Waals surface area contributed by atoms with E-state index in [1.165, 1.54) is 11.3 Å². The van der Waals surface area contributed by atoms with Gasteiger partial charge in [0, 0.05) is 51.3 Å². The monoisotopic (exact) mass is 343 g/mol. The molecule has 6 nitrogen and oxygen atoms in total. The Morgan fingerprint density at radius 2 is 2.08 bits per heavy atom. The highest BCUT2D eigenvalue weighted by Crippen LogP contribution is 2.40. The van der Waals surface area contributed by atoms with Gasteiger partial charge in [-0.15, -0.1) is 0 Å². The van der Waals surface area contributed by atoms with Gasteiger partial charge in [-0.1, -0.05) is 0 Å². The second kappa shape index (κ2) is 8.07. The maximum absolute atomic E-state index is 6.11. The average Bonchev–Trinajstić information content (AvgIpc) is 2.99. The fourth-order valence-electron chi connectivity index (χ4n) is 2.84. The minimum Gasteiger partial charge on any atom is -0.487 e. The third-order valence-electron chi connectivity index (χ3n) is 4.18. The minimum atomic E-state index is 0.491. The van der Waals surface area contributed by atoms with Crippen LogP contribution in [-0.4, -0.2) is 45.4 Å². The first-order valence-electron chi connectivity index (χ1n) is 8.61. The van der Waals surface area contributed by atoms with Crippen molar-refractivity contribution in [3.63, 3.8) is 0 Å². The number of aromatic nitrogens is 1. The second-order valence-corrected chi connectivity index (χ2v) is 5.87. The van der Waals surface area contributed by atoms with Crippen LogP contribution < -0.4 is 19.7 Å². The van der Waals surface area contributed by atoms with Crippen LogP contribution in [0.4, 0.5) is 11.5 Å². The lowest BCUT2D eigenvalue weighted by Crippen LogP contribution is -2.13. The quantitative estimate of drug-likeness (QED) is 0.742. The van der Waals surface area contributed by atoms with Crippen LogP contribution in [0.5, 0.6) is 17.2 Å². The number of hydrogen-bond acceptors (Lipinski definition) is 6. The summed E-state index contributed by atoms with van der Waals surface area (Å²) >= 11 is 0. The molecule has 0 aliphatic carbocycles. The van der Waals surface area contributed by atoms with Crippen molar-refractivity contribution in [2.24, 2.45) is 0 Å². The molecule has 6 heteroatoms. The van der Waals surface area contributed by atoms with Crippen LogP contribution in [0.15, 0.2) is 30.5 Å². The molecule has 1 aromatic heterocycles. The Morgan fingerprint density at radius 3 is 2.88 bits per heavy atom. The van der Waals surface area contributed by atoms with Crippen molar-refractivity contribution in [3.8, 4) is 17.2 Å². The number of ether oxygens (including phenoxy) is 3. The SMILES string of the molecule is CCOCCOc1cc2c(cc1Oc1ccnc(NC)c1)CCN2C. The number of nitrogens with zero attached hydrogens (tertiary/aromatic N) is 2. The van der Waals surface area contributed by atoms with Crippen LogP contribution >= 0.6 is 0 Å². The molecule has 0 radical (unpaired) electrons. The molecule has 1 N–H and O–H groups in total. The normalized spacial score (nSPS) is 12.8. The molecule has 0 unspecified atom stereocenters. The summed E-state index contributed by atoms with van der Waals surface area (Å²) in [5.74, 6) is 2.94. The lowest BCUT2D eigenvalue weighted by molar-refractivity contribution is 0.109. The highest BCUT2D eigenvalue weighted by molar-refractivity contribution is 5.65. The minimum absolute atomic E-state index is 0.491. The van der Waals surface area contributed by atoms with Crippen molar-refractivity contribution in [2.45, 2.75) is 13.3 Å². The van der Waals surface area contributed by atoms with E-state index in [-0.39, 0.29) is 0 Å². The maximum Gasteiger partial charge on any atom is 0.169 e. The Morgan fingerprint density at radius 1 is 1.20 bits per heavy atom. The average molecular weight is 343 g/mol. The Bertz CT molecular complexity index is 721. The van der Waals surface area contributed by atoms with Gasteiger partial charge in [0.15, 0.2) is 11.5 Å². The zero-order valence-corrected chi connectivity index (χ0v) is 15.0. The number of anilines is 2. The molecule has 1 aromatic carbocycles. The Balaban J connectivity index is 1.84. The van der Waals surface area contributed by atoms with Gasteiger partial charge in [0.05, 0.1) is 6.61 Å². The summed E-state index contributed by atoms with van der Waals surface area (Å²) in [6.07, 6.45) is 2.73. The molecule has 0 atom stereocenters. The van der Waals surface area contributed by atoms with Crippen molar-refractivity contribution >= 4 is 11.5 Å². The number of pyridine rings is 1. The molecule has 2 heterocycles. The summed E-state index contributed by atoms with van der Waals surface area (Å²) in [5.41, 5.74) is 2.47. The zero-order chi connectivity index (χ0) is 17.6. The van der Waals surface area contributed by atoms with Gasteiger partial charge in [-0.2, -0.15) is 0 Å². The molecule has 2 aromatic rings. The van der Waals surface area contributed by atoms with Gasteiger partial charge in [0.1, 0.15) is 18.2 Å². The van der Waals surface area contributed by atoms with Gasteiger partial charge >= 0.3 is 0 Å². The van der Waals surface area contributed by atoms with Gasteiger partial charge in [0.25, 0.3) is 0 Å².